The van der Waals surface area contributed by atoms with Gasteiger partial charge in [-0.15, -0.1) is 0 Å². The summed E-state index contributed by atoms with van der Waals surface area (Å²) in [7, 11) is -2.05. The van der Waals surface area contributed by atoms with Crippen molar-refractivity contribution < 1.29 is 22.4 Å². The van der Waals surface area contributed by atoms with E-state index < -0.39 is 9.84 Å². The van der Waals surface area contributed by atoms with E-state index in [-0.39, 0.29) is 9.79 Å². The highest BCUT2D eigenvalue weighted by Gasteiger charge is 2.40. The molecule has 3 saturated heterocycles. The summed E-state index contributed by atoms with van der Waals surface area (Å²) in [5.74, 6) is 3.04. The molecule has 5 nitrogen and oxygen atoms in total. The fourth-order valence-corrected chi connectivity index (χ4v) is 6.44. The minimum absolute atomic E-state index is 0.238. The molecule has 33 heavy (non-hydrogen) atoms. The van der Waals surface area contributed by atoms with Gasteiger partial charge in [0, 0.05) is 5.56 Å². The Bertz CT molecular complexity index is 1200. The van der Waals surface area contributed by atoms with Gasteiger partial charge in [-0.1, -0.05) is 12.1 Å². The van der Waals surface area contributed by atoms with Crippen LogP contribution in [-0.2, 0) is 16.4 Å². The van der Waals surface area contributed by atoms with E-state index in [1.165, 1.54) is 44.5 Å². The largest absolute Gasteiger partial charge is 0.497 e. The molecule has 0 N–H and O–H groups in total. The molecule has 0 spiro atoms. The number of ether oxygens (including phenoxy) is 2. The lowest BCUT2D eigenvalue weighted by atomic mass is 9.85. The molecule has 3 aliphatic rings. The van der Waals surface area contributed by atoms with Gasteiger partial charge in [0.25, 0.3) is 0 Å². The second-order valence-corrected chi connectivity index (χ2v) is 11.2. The molecule has 3 fully saturated rings. The fourth-order valence-electron chi connectivity index (χ4n) is 5.18. The number of hydrogen-bond donors (Lipinski definition) is 0. The van der Waals surface area contributed by atoms with Crippen molar-refractivity contribution >= 4 is 9.84 Å². The number of para-hydroxylation sites is 1. The van der Waals surface area contributed by atoms with Gasteiger partial charge in [-0.2, -0.15) is 0 Å². The van der Waals surface area contributed by atoms with Crippen LogP contribution in [0.3, 0.4) is 0 Å². The molecule has 0 atom stereocenters. The lowest BCUT2D eigenvalue weighted by molar-refractivity contribution is -0.955. The smallest absolute Gasteiger partial charge is 0.206 e. The Morgan fingerprint density at radius 2 is 1.33 bits per heavy atom. The molecule has 0 radical (unpaired) electrons. The summed E-state index contributed by atoms with van der Waals surface area (Å²) in [6.07, 6.45) is 4.02. The van der Waals surface area contributed by atoms with Crippen LogP contribution in [0.4, 0.5) is 0 Å². The molecule has 2 bridgehead atoms. The van der Waals surface area contributed by atoms with Gasteiger partial charge in [-0.05, 0) is 85.8 Å². The van der Waals surface area contributed by atoms with E-state index >= 15 is 0 Å². The van der Waals surface area contributed by atoms with Crippen molar-refractivity contribution in [2.24, 2.45) is 5.92 Å². The number of quaternary nitrogens is 1. The molecule has 0 saturated carbocycles. The number of nitrogens with zero attached hydrogens (tertiary/aromatic N) is 1. The van der Waals surface area contributed by atoms with Crippen molar-refractivity contribution in [2.75, 3.05) is 26.7 Å². The number of rotatable bonds is 7. The normalized spacial score (nSPS) is 22.2. The third kappa shape index (κ3) is 4.50. The van der Waals surface area contributed by atoms with Gasteiger partial charge in [0.1, 0.15) is 23.8 Å². The minimum atomic E-state index is -3.60. The van der Waals surface area contributed by atoms with Gasteiger partial charge in [-0.25, -0.2) is 8.42 Å². The zero-order chi connectivity index (χ0) is 22.9. The monoisotopic (exact) mass is 464 g/mol. The van der Waals surface area contributed by atoms with E-state index in [1.807, 2.05) is 12.1 Å². The first-order valence-electron chi connectivity index (χ1n) is 11.6. The van der Waals surface area contributed by atoms with Gasteiger partial charge >= 0.3 is 0 Å². The summed E-state index contributed by atoms with van der Waals surface area (Å²) >= 11 is 0. The Kier molecular flexibility index (Phi) is 5.89. The number of fused-ring (bicyclic) bond motifs is 3. The van der Waals surface area contributed by atoms with E-state index in [0.29, 0.717) is 11.5 Å². The first-order chi connectivity index (χ1) is 16.0. The Balaban J connectivity index is 1.33. The third-order valence-corrected chi connectivity index (χ3v) is 9.03. The highest BCUT2D eigenvalue weighted by atomic mass is 32.2. The number of piperidine rings is 3. The van der Waals surface area contributed by atoms with Crippen LogP contribution < -0.4 is 9.47 Å². The zero-order valence-corrected chi connectivity index (χ0v) is 19.8. The van der Waals surface area contributed by atoms with Crippen molar-refractivity contribution in [1.82, 2.24) is 0 Å². The van der Waals surface area contributed by atoms with E-state index in [0.717, 1.165) is 22.7 Å². The van der Waals surface area contributed by atoms with E-state index in [2.05, 4.69) is 12.1 Å². The van der Waals surface area contributed by atoms with Crippen LogP contribution in [0, 0.1) is 5.92 Å². The number of methoxy groups -OCH3 is 1. The highest BCUT2D eigenvalue weighted by molar-refractivity contribution is 7.91. The molecular weight excluding hydrogens is 434 g/mol. The molecule has 0 amide bonds. The summed E-state index contributed by atoms with van der Waals surface area (Å²) in [5, 5.41) is 0. The van der Waals surface area contributed by atoms with Crippen LogP contribution in [-0.4, -0.2) is 39.6 Å². The molecule has 3 aliphatic heterocycles. The molecule has 6 rings (SSSR count). The third-order valence-electron chi connectivity index (χ3n) is 7.25. The topological polar surface area (TPSA) is 52.6 Å². The number of sulfone groups is 1. The van der Waals surface area contributed by atoms with Crippen molar-refractivity contribution in [3.05, 3.63) is 78.4 Å². The minimum Gasteiger partial charge on any atom is -0.497 e. The summed E-state index contributed by atoms with van der Waals surface area (Å²) < 4.78 is 38.5. The first-order valence-corrected chi connectivity index (χ1v) is 13.1. The first kappa shape index (κ1) is 22.0. The molecule has 0 aromatic heterocycles. The van der Waals surface area contributed by atoms with Crippen molar-refractivity contribution in [1.29, 1.82) is 0 Å². The molecule has 0 unspecified atom stereocenters. The Labute approximate surface area is 196 Å². The van der Waals surface area contributed by atoms with Crippen LogP contribution in [0.2, 0.25) is 0 Å². The second-order valence-electron chi connectivity index (χ2n) is 9.26. The van der Waals surface area contributed by atoms with Crippen LogP contribution in [0.15, 0.2) is 82.6 Å². The zero-order valence-electron chi connectivity index (χ0n) is 18.9. The van der Waals surface area contributed by atoms with E-state index in [1.54, 1.807) is 55.6 Å². The number of hydrogen-bond acceptors (Lipinski definition) is 4. The van der Waals surface area contributed by atoms with Crippen molar-refractivity contribution in [3.8, 4) is 17.2 Å². The maximum atomic E-state index is 13.0. The predicted molar refractivity (Wildman–Crippen MR) is 127 cm³/mol. The summed E-state index contributed by atoms with van der Waals surface area (Å²) in [5.41, 5.74) is 1.22. The van der Waals surface area contributed by atoms with Crippen molar-refractivity contribution in [3.63, 3.8) is 0 Å². The Morgan fingerprint density at radius 1 is 0.788 bits per heavy atom. The second kappa shape index (κ2) is 8.84. The van der Waals surface area contributed by atoms with Crippen LogP contribution in [0.25, 0.3) is 0 Å². The SMILES string of the molecule is COc1ccc(S(=O)(=O)c2ccc(Oc3ccccc3C[N+]34CCC(CC3)CC4)cc2)cc1. The standard InChI is InChI=1S/C27H30NO4S/c1-31-23-6-10-25(11-7-23)33(29,30)26-12-8-24(9-13-26)32-27-5-3-2-4-22(27)20-28-17-14-21(15-18-28)16-19-28/h2-13,21H,14-20H2,1H3/q+1. The Morgan fingerprint density at radius 3 is 1.91 bits per heavy atom. The predicted octanol–water partition coefficient (Wildman–Crippen LogP) is 5.45. The summed E-state index contributed by atoms with van der Waals surface area (Å²) in [6.45, 7) is 4.78. The molecule has 0 aliphatic carbocycles. The van der Waals surface area contributed by atoms with Gasteiger partial charge in [0.2, 0.25) is 9.84 Å². The average Bonchev–Trinajstić information content (AvgIpc) is 2.86. The summed E-state index contributed by atoms with van der Waals surface area (Å²) in [4.78, 5) is 0.476. The maximum Gasteiger partial charge on any atom is 0.206 e. The lowest BCUT2D eigenvalue weighted by Crippen LogP contribution is -2.57. The molecule has 3 heterocycles. The molecular formula is C27H30NO4S+. The molecule has 3 aromatic rings. The highest BCUT2D eigenvalue weighted by Crippen LogP contribution is 2.37. The van der Waals surface area contributed by atoms with Crippen LogP contribution in [0.5, 0.6) is 17.2 Å². The van der Waals surface area contributed by atoms with Gasteiger partial charge in [0.15, 0.2) is 0 Å². The molecule has 3 aromatic carbocycles. The van der Waals surface area contributed by atoms with Crippen molar-refractivity contribution in [2.45, 2.75) is 35.6 Å². The fraction of sp³-hybridized carbons (Fsp3) is 0.333. The van der Waals surface area contributed by atoms with E-state index in [4.69, 9.17) is 9.47 Å². The molecule has 172 valence electrons. The summed E-state index contributed by atoms with van der Waals surface area (Å²) in [6, 6.07) is 21.3. The van der Waals surface area contributed by atoms with Crippen LogP contribution in [0.1, 0.15) is 24.8 Å². The van der Waals surface area contributed by atoms with Gasteiger partial charge in [-0.3, -0.25) is 0 Å². The molecule has 6 heteroatoms. The van der Waals surface area contributed by atoms with Gasteiger partial charge < -0.3 is 14.0 Å². The quantitative estimate of drug-likeness (QED) is 0.436. The number of benzene rings is 3. The van der Waals surface area contributed by atoms with Crippen LogP contribution >= 0.6 is 0 Å². The maximum absolute atomic E-state index is 13.0. The average molecular weight is 465 g/mol. The van der Waals surface area contributed by atoms with E-state index in [9.17, 15) is 8.42 Å². The Hall–Kier alpha value is -2.83. The van der Waals surface area contributed by atoms with Gasteiger partial charge in [0.05, 0.1) is 36.5 Å². The lowest BCUT2D eigenvalue weighted by Gasteiger charge is -2.49.